The standard InChI is InChI=1S/C28H24F2N8O/c1-28(2,3)27(39)34-15-10-14(11-31-12-15)17-13-33-25-20(21(17)30)24(37-38-25)26-35-19-8-9-32-22(23(19)36-26)16-6-4-5-7-18(16)29/h4-13,27,34,39H,1-3H3,(H,35,36)(H,33,37,38). The molecule has 0 aliphatic heterocycles. The van der Waals surface area contributed by atoms with Crippen LogP contribution in [0.2, 0.25) is 0 Å². The van der Waals surface area contributed by atoms with Crippen LogP contribution in [0.5, 0.6) is 0 Å². The third kappa shape index (κ3) is 4.36. The van der Waals surface area contributed by atoms with Crippen molar-refractivity contribution in [2.75, 3.05) is 5.32 Å². The lowest BCUT2D eigenvalue weighted by molar-refractivity contribution is 0.0880. The van der Waals surface area contributed by atoms with Crippen LogP contribution in [0.15, 0.2) is 61.2 Å². The maximum atomic E-state index is 16.1. The van der Waals surface area contributed by atoms with Gasteiger partial charge in [-0.2, -0.15) is 5.10 Å². The van der Waals surface area contributed by atoms with Crippen molar-refractivity contribution in [3.05, 3.63) is 72.8 Å². The molecule has 1 unspecified atom stereocenters. The topological polar surface area (TPSA) is 128 Å². The number of hydrogen-bond acceptors (Lipinski definition) is 7. The summed E-state index contributed by atoms with van der Waals surface area (Å²) in [6.45, 7) is 5.69. The number of H-pyrrole nitrogens is 2. The predicted molar refractivity (Wildman–Crippen MR) is 144 cm³/mol. The Morgan fingerprint density at radius 3 is 2.62 bits per heavy atom. The minimum atomic E-state index is -0.836. The molecule has 1 atom stereocenters. The van der Waals surface area contributed by atoms with Crippen molar-refractivity contribution in [3.63, 3.8) is 0 Å². The zero-order valence-electron chi connectivity index (χ0n) is 21.3. The molecule has 0 amide bonds. The van der Waals surface area contributed by atoms with E-state index in [2.05, 4.69) is 40.4 Å². The normalized spacial score (nSPS) is 12.8. The molecule has 39 heavy (non-hydrogen) atoms. The summed E-state index contributed by atoms with van der Waals surface area (Å²) in [4.78, 5) is 20.7. The Labute approximate surface area is 221 Å². The van der Waals surface area contributed by atoms with E-state index >= 15 is 4.39 Å². The van der Waals surface area contributed by atoms with Gasteiger partial charge in [-0.3, -0.25) is 15.1 Å². The number of aliphatic hydroxyl groups is 1. The minimum absolute atomic E-state index is 0.139. The minimum Gasteiger partial charge on any atom is -0.373 e. The molecule has 5 heterocycles. The number of hydrogen-bond donors (Lipinski definition) is 4. The monoisotopic (exact) mass is 526 g/mol. The van der Waals surface area contributed by atoms with Crippen LogP contribution in [0.25, 0.3) is 56.0 Å². The zero-order chi connectivity index (χ0) is 27.3. The van der Waals surface area contributed by atoms with Crippen molar-refractivity contribution in [2.45, 2.75) is 27.0 Å². The number of aliphatic hydroxyl groups excluding tert-OH is 1. The number of halogens is 2. The van der Waals surface area contributed by atoms with Gasteiger partial charge in [0.05, 0.1) is 22.8 Å². The highest BCUT2D eigenvalue weighted by molar-refractivity contribution is 5.96. The van der Waals surface area contributed by atoms with Gasteiger partial charge in [-0.1, -0.05) is 32.9 Å². The summed E-state index contributed by atoms with van der Waals surface area (Å²) in [7, 11) is 0. The molecule has 0 bridgehead atoms. The molecule has 6 aromatic rings. The van der Waals surface area contributed by atoms with Gasteiger partial charge in [-0.25, -0.2) is 18.7 Å². The van der Waals surface area contributed by atoms with Gasteiger partial charge < -0.3 is 15.4 Å². The second-order valence-corrected chi connectivity index (χ2v) is 10.3. The van der Waals surface area contributed by atoms with Crippen molar-refractivity contribution < 1.29 is 13.9 Å². The van der Waals surface area contributed by atoms with Gasteiger partial charge in [-0.15, -0.1) is 0 Å². The number of fused-ring (bicyclic) bond motifs is 2. The Morgan fingerprint density at radius 1 is 1.00 bits per heavy atom. The Hall–Kier alpha value is -4.77. The van der Waals surface area contributed by atoms with E-state index in [1.165, 1.54) is 18.5 Å². The van der Waals surface area contributed by atoms with Crippen molar-refractivity contribution in [3.8, 4) is 33.9 Å². The number of rotatable bonds is 5. The van der Waals surface area contributed by atoms with Gasteiger partial charge in [0, 0.05) is 40.7 Å². The van der Waals surface area contributed by atoms with E-state index in [4.69, 9.17) is 0 Å². The molecule has 1 aromatic carbocycles. The largest absolute Gasteiger partial charge is 0.373 e. The van der Waals surface area contributed by atoms with Gasteiger partial charge in [0.25, 0.3) is 0 Å². The molecular weight excluding hydrogens is 502 g/mol. The number of pyridine rings is 3. The van der Waals surface area contributed by atoms with E-state index in [-0.39, 0.29) is 22.3 Å². The Kier molecular flexibility index (Phi) is 5.80. The molecular formula is C28H24F2N8O. The van der Waals surface area contributed by atoms with Gasteiger partial charge in [0.15, 0.2) is 11.5 Å². The number of benzene rings is 1. The zero-order valence-corrected chi connectivity index (χ0v) is 21.3. The second kappa shape index (κ2) is 9.21. The van der Waals surface area contributed by atoms with E-state index in [1.807, 2.05) is 20.8 Å². The first kappa shape index (κ1) is 24.6. The molecule has 0 fully saturated rings. The second-order valence-electron chi connectivity index (χ2n) is 10.3. The highest BCUT2D eigenvalue weighted by atomic mass is 19.1. The number of nitrogens with one attached hydrogen (secondary N) is 3. The lowest BCUT2D eigenvalue weighted by Gasteiger charge is -2.27. The fourth-order valence-corrected chi connectivity index (χ4v) is 4.27. The third-order valence-electron chi connectivity index (χ3n) is 6.46. The SMILES string of the molecule is CC(C)(C)C(O)Nc1cncc(-c2cnc3n[nH]c(-c4nc5c(-c6ccccc6F)nccc5[nH]4)c3c2F)c1. The van der Waals surface area contributed by atoms with E-state index in [0.29, 0.717) is 39.4 Å². The van der Waals surface area contributed by atoms with Crippen molar-refractivity contribution in [1.82, 2.24) is 35.1 Å². The van der Waals surface area contributed by atoms with Gasteiger partial charge in [0.2, 0.25) is 0 Å². The van der Waals surface area contributed by atoms with Crippen LogP contribution in [0.4, 0.5) is 14.5 Å². The molecule has 6 rings (SSSR count). The quantitative estimate of drug-likeness (QED) is 0.213. The molecule has 0 spiro atoms. The maximum absolute atomic E-state index is 16.1. The number of anilines is 1. The van der Waals surface area contributed by atoms with Crippen LogP contribution in [0.1, 0.15) is 20.8 Å². The third-order valence-corrected chi connectivity index (χ3v) is 6.46. The summed E-state index contributed by atoms with van der Waals surface area (Å²) in [5, 5.41) is 20.6. The molecule has 4 N–H and O–H groups in total. The number of aromatic nitrogens is 7. The summed E-state index contributed by atoms with van der Waals surface area (Å²) < 4.78 is 30.6. The molecule has 0 aliphatic rings. The number of aromatic amines is 2. The molecule has 0 aliphatic carbocycles. The maximum Gasteiger partial charge on any atom is 0.184 e. The van der Waals surface area contributed by atoms with Crippen LogP contribution >= 0.6 is 0 Å². The fraction of sp³-hybridized carbons (Fsp3) is 0.179. The Morgan fingerprint density at radius 2 is 1.82 bits per heavy atom. The first-order valence-corrected chi connectivity index (χ1v) is 12.2. The highest BCUT2D eigenvalue weighted by Crippen LogP contribution is 2.35. The van der Waals surface area contributed by atoms with Gasteiger partial charge >= 0.3 is 0 Å². The van der Waals surface area contributed by atoms with Crippen molar-refractivity contribution in [2.24, 2.45) is 5.41 Å². The lowest BCUT2D eigenvalue weighted by Crippen LogP contribution is -2.33. The van der Waals surface area contributed by atoms with E-state index < -0.39 is 23.3 Å². The van der Waals surface area contributed by atoms with Crippen LogP contribution < -0.4 is 5.32 Å². The average Bonchev–Trinajstić information content (AvgIpc) is 3.53. The average molecular weight is 527 g/mol. The summed E-state index contributed by atoms with van der Waals surface area (Å²) in [6.07, 6.45) is 5.19. The van der Waals surface area contributed by atoms with Crippen LogP contribution in [0, 0.1) is 17.0 Å². The molecule has 11 heteroatoms. The summed E-state index contributed by atoms with van der Waals surface area (Å²) in [5.41, 5.74) is 2.97. The molecule has 5 aromatic heterocycles. The summed E-state index contributed by atoms with van der Waals surface area (Å²) >= 11 is 0. The summed E-state index contributed by atoms with van der Waals surface area (Å²) in [6, 6.07) is 9.72. The first-order valence-electron chi connectivity index (χ1n) is 12.2. The van der Waals surface area contributed by atoms with Gasteiger partial charge in [-0.05, 0) is 24.3 Å². The summed E-state index contributed by atoms with van der Waals surface area (Å²) in [5.74, 6) is -0.681. The van der Waals surface area contributed by atoms with Crippen molar-refractivity contribution in [1.29, 1.82) is 0 Å². The molecule has 9 nitrogen and oxygen atoms in total. The first-order chi connectivity index (χ1) is 18.7. The number of nitrogens with zero attached hydrogens (tertiary/aromatic N) is 5. The van der Waals surface area contributed by atoms with Gasteiger partial charge in [0.1, 0.15) is 34.8 Å². The smallest absolute Gasteiger partial charge is 0.184 e. The predicted octanol–water partition coefficient (Wildman–Crippen LogP) is 5.68. The Bertz CT molecular complexity index is 1840. The highest BCUT2D eigenvalue weighted by Gasteiger charge is 2.24. The molecule has 196 valence electrons. The molecule has 0 radical (unpaired) electrons. The number of imidazole rings is 1. The molecule has 0 saturated heterocycles. The van der Waals surface area contributed by atoms with Crippen molar-refractivity contribution >= 4 is 27.8 Å². The van der Waals surface area contributed by atoms with E-state index in [9.17, 15) is 9.50 Å². The molecule has 0 saturated carbocycles. The fourth-order valence-electron chi connectivity index (χ4n) is 4.27. The van der Waals surface area contributed by atoms with Crippen LogP contribution in [-0.2, 0) is 0 Å². The lowest BCUT2D eigenvalue weighted by atomic mass is 9.94. The Balaban J connectivity index is 1.44. The van der Waals surface area contributed by atoms with Crippen LogP contribution in [0.3, 0.4) is 0 Å². The van der Waals surface area contributed by atoms with Crippen LogP contribution in [-0.4, -0.2) is 46.5 Å². The van der Waals surface area contributed by atoms with E-state index in [0.717, 1.165) is 0 Å². The van der Waals surface area contributed by atoms with E-state index in [1.54, 1.807) is 42.7 Å².